The highest BCUT2D eigenvalue weighted by molar-refractivity contribution is 6.31. The van der Waals surface area contributed by atoms with Crippen molar-refractivity contribution in [1.29, 1.82) is 0 Å². The van der Waals surface area contributed by atoms with Crippen LogP contribution in [0.1, 0.15) is 18.4 Å². The number of rotatable bonds is 8. The summed E-state index contributed by atoms with van der Waals surface area (Å²) in [4.78, 5) is 0. The molecule has 0 radical (unpaired) electrons. The van der Waals surface area contributed by atoms with Crippen LogP contribution in [0.25, 0.3) is 0 Å². The highest BCUT2D eigenvalue weighted by Gasteiger charge is 2.16. The van der Waals surface area contributed by atoms with Gasteiger partial charge in [0.2, 0.25) is 0 Å². The number of ether oxygens (including phenoxy) is 3. The molecule has 2 aromatic rings. The molecule has 1 aliphatic rings. The van der Waals surface area contributed by atoms with Gasteiger partial charge in [0, 0.05) is 18.2 Å². The number of para-hydroxylation sites is 2. The highest BCUT2D eigenvalue weighted by Crippen LogP contribution is 2.25. The van der Waals surface area contributed by atoms with E-state index in [1.54, 1.807) is 0 Å². The number of benzene rings is 2. The number of hydrogen-bond donors (Lipinski definition) is 1. The summed E-state index contributed by atoms with van der Waals surface area (Å²) in [5.41, 5.74) is 1.98. The van der Waals surface area contributed by atoms with E-state index in [9.17, 15) is 0 Å². The Balaban J connectivity index is 1.46. The van der Waals surface area contributed by atoms with Crippen molar-refractivity contribution in [3.8, 4) is 11.5 Å². The molecule has 0 spiro atoms. The number of aryl methyl sites for hydroxylation is 1. The van der Waals surface area contributed by atoms with Crippen LogP contribution in [0, 0.1) is 6.92 Å². The summed E-state index contributed by atoms with van der Waals surface area (Å²) in [6, 6.07) is 13.6. The zero-order valence-corrected chi connectivity index (χ0v) is 15.2. The lowest BCUT2D eigenvalue weighted by Gasteiger charge is -2.16. The van der Waals surface area contributed by atoms with E-state index in [1.807, 2.05) is 49.4 Å². The molecule has 134 valence electrons. The Bertz CT molecular complexity index is 686. The van der Waals surface area contributed by atoms with E-state index in [4.69, 9.17) is 25.8 Å². The van der Waals surface area contributed by atoms with Crippen molar-refractivity contribution in [2.75, 3.05) is 31.7 Å². The highest BCUT2D eigenvalue weighted by atomic mass is 35.5. The van der Waals surface area contributed by atoms with Gasteiger partial charge in [-0.2, -0.15) is 0 Å². The molecular formula is C20H24ClNO3. The average molecular weight is 362 g/mol. The van der Waals surface area contributed by atoms with Crippen LogP contribution in [0.15, 0.2) is 42.5 Å². The molecule has 5 heteroatoms. The van der Waals surface area contributed by atoms with Crippen LogP contribution in [0.5, 0.6) is 11.5 Å². The summed E-state index contributed by atoms with van der Waals surface area (Å²) in [7, 11) is 0. The summed E-state index contributed by atoms with van der Waals surface area (Å²) < 4.78 is 17.3. The van der Waals surface area contributed by atoms with Gasteiger partial charge in [0.25, 0.3) is 0 Å². The molecule has 1 unspecified atom stereocenters. The normalized spacial score (nSPS) is 16.6. The first kappa shape index (κ1) is 17.9. The van der Waals surface area contributed by atoms with Crippen LogP contribution in [-0.2, 0) is 4.74 Å². The topological polar surface area (TPSA) is 39.7 Å². The molecule has 1 aliphatic heterocycles. The maximum absolute atomic E-state index is 6.03. The van der Waals surface area contributed by atoms with E-state index in [0.29, 0.717) is 19.8 Å². The summed E-state index contributed by atoms with van der Waals surface area (Å²) in [5, 5.41) is 4.12. The zero-order chi connectivity index (χ0) is 17.5. The third-order valence-electron chi connectivity index (χ3n) is 4.15. The van der Waals surface area contributed by atoms with Crippen LogP contribution in [0.4, 0.5) is 5.69 Å². The smallest absolute Gasteiger partial charge is 0.142 e. The monoisotopic (exact) mass is 361 g/mol. The first-order chi connectivity index (χ1) is 12.2. The quantitative estimate of drug-likeness (QED) is 0.692. The molecule has 4 nitrogen and oxygen atoms in total. The second-order valence-electron chi connectivity index (χ2n) is 6.13. The minimum absolute atomic E-state index is 0.213. The third-order valence-corrected chi connectivity index (χ3v) is 4.58. The summed E-state index contributed by atoms with van der Waals surface area (Å²) in [6.07, 6.45) is 2.41. The van der Waals surface area contributed by atoms with Crippen molar-refractivity contribution < 1.29 is 14.2 Å². The third kappa shape index (κ3) is 5.28. The molecule has 25 heavy (non-hydrogen) atoms. The van der Waals surface area contributed by atoms with Gasteiger partial charge in [-0.15, -0.1) is 0 Å². The van der Waals surface area contributed by atoms with Gasteiger partial charge in [-0.05, 0) is 55.7 Å². The molecule has 0 bridgehead atoms. The zero-order valence-electron chi connectivity index (χ0n) is 14.5. The fourth-order valence-corrected chi connectivity index (χ4v) is 2.88. The lowest BCUT2D eigenvalue weighted by Crippen LogP contribution is -2.17. The molecule has 0 aliphatic carbocycles. The predicted octanol–water partition coefficient (Wildman–Crippen LogP) is 4.70. The fraction of sp³-hybridized carbons (Fsp3) is 0.400. The molecular weight excluding hydrogens is 338 g/mol. The number of hydrogen-bond acceptors (Lipinski definition) is 4. The average Bonchev–Trinajstić information content (AvgIpc) is 3.14. The van der Waals surface area contributed by atoms with Crippen molar-refractivity contribution in [3.05, 3.63) is 53.1 Å². The van der Waals surface area contributed by atoms with Gasteiger partial charge in [0.1, 0.15) is 24.7 Å². The van der Waals surface area contributed by atoms with Crippen LogP contribution < -0.4 is 14.8 Å². The maximum atomic E-state index is 6.03. The van der Waals surface area contributed by atoms with E-state index in [1.165, 1.54) is 0 Å². The Hall–Kier alpha value is -1.91. The predicted molar refractivity (Wildman–Crippen MR) is 101 cm³/mol. The molecule has 0 amide bonds. The van der Waals surface area contributed by atoms with E-state index in [2.05, 4.69) is 5.32 Å². The fourth-order valence-electron chi connectivity index (χ4n) is 2.76. The molecule has 1 saturated heterocycles. The number of nitrogens with one attached hydrogen (secondary N) is 1. The number of anilines is 1. The SMILES string of the molecule is Cc1cc(OCCNc2ccccc2OCC2CCCO2)ccc1Cl. The molecule has 0 saturated carbocycles. The van der Waals surface area contributed by atoms with Gasteiger partial charge >= 0.3 is 0 Å². The van der Waals surface area contributed by atoms with Crippen LogP contribution in [0.2, 0.25) is 5.02 Å². The Labute approximate surface area is 154 Å². The molecule has 0 aromatic heterocycles. The first-order valence-corrected chi connectivity index (χ1v) is 9.06. The molecule has 2 aromatic carbocycles. The van der Waals surface area contributed by atoms with Gasteiger partial charge in [-0.25, -0.2) is 0 Å². The van der Waals surface area contributed by atoms with E-state index < -0.39 is 0 Å². The van der Waals surface area contributed by atoms with Crippen molar-refractivity contribution in [3.63, 3.8) is 0 Å². The lowest BCUT2D eigenvalue weighted by molar-refractivity contribution is 0.0682. The van der Waals surface area contributed by atoms with Crippen LogP contribution >= 0.6 is 11.6 Å². The second kappa shape index (κ2) is 8.97. The van der Waals surface area contributed by atoms with Crippen molar-refractivity contribution in [1.82, 2.24) is 0 Å². The van der Waals surface area contributed by atoms with Crippen LogP contribution in [0.3, 0.4) is 0 Å². The Morgan fingerprint density at radius 3 is 2.88 bits per heavy atom. The molecule has 1 atom stereocenters. The summed E-state index contributed by atoms with van der Waals surface area (Å²) in [6.45, 7) is 4.65. The molecule has 1 heterocycles. The molecule has 1 fully saturated rings. The maximum Gasteiger partial charge on any atom is 0.142 e. The molecule has 1 N–H and O–H groups in total. The minimum Gasteiger partial charge on any atom is -0.492 e. The van der Waals surface area contributed by atoms with Crippen molar-refractivity contribution >= 4 is 17.3 Å². The minimum atomic E-state index is 0.213. The van der Waals surface area contributed by atoms with Crippen molar-refractivity contribution in [2.45, 2.75) is 25.9 Å². The first-order valence-electron chi connectivity index (χ1n) is 8.68. The standard InChI is InChI=1S/C20H24ClNO3/c1-15-13-16(8-9-18(15)21)24-12-10-22-19-6-2-3-7-20(19)25-14-17-5-4-11-23-17/h2-3,6-9,13,17,22H,4-5,10-12,14H2,1H3. The molecule has 3 rings (SSSR count). The summed E-state index contributed by atoms with van der Waals surface area (Å²) in [5.74, 6) is 1.67. The van der Waals surface area contributed by atoms with Gasteiger partial charge < -0.3 is 19.5 Å². The largest absolute Gasteiger partial charge is 0.492 e. The lowest BCUT2D eigenvalue weighted by atomic mass is 10.2. The van der Waals surface area contributed by atoms with Gasteiger partial charge in [-0.3, -0.25) is 0 Å². The Morgan fingerprint density at radius 2 is 2.08 bits per heavy atom. The van der Waals surface area contributed by atoms with E-state index in [0.717, 1.165) is 47.2 Å². The van der Waals surface area contributed by atoms with Gasteiger partial charge in [0.15, 0.2) is 0 Å². The van der Waals surface area contributed by atoms with Gasteiger partial charge in [0.05, 0.1) is 11.8 Å². The number of halogens is 1. The Kier molecular flexibility index (Phi) is 6.42. The van der Waals surface area contributed by atoms with E-state index >= 15 is 0 Å². The van der Waals surface area contributed by atoms with Crippen molar-refractivity contribution in [2.24, 2.45) is 0 Å². The van der Waals surface area contributed by atoms with E-state index in [-0.39, 0.29) is 6.10 Å². The Morgan fingerprint density at radius 1 is 1.20 bits per heavy atom. The van der Waals surface area contributed by atoms with Crippen LogP contribution in [-0.4, -0.2) is 32.5 Å². The second-order valence-corrected chi connectivity index (χ2v) is 6.54. The van der Waals surface area contributed by atoms with Gasteiger partial charge in [-0.1, -0.05) is 23.7 Å². The summed E-state index contributed by atoms with van der Waals surface area (Å²) >= 11 is 6.03.